The summed E-state index contributed by atoms with van der Waals surface area (Å²) in [5, 5.41) is 11.6. The first kappa shape index (κ1) is 9.92. The third kappa shape index (κ3) is 1.55. The highest BCUT2D eigenvalue weighted by atomic mass is 35.5. The van der Waals surface area contributed by atoms with Crippen LogP contribution < -0.4 is 5.73 Å². The number of nitrogen functional groups attached to an aromatic ring is 1. The van der Waals surface area contributed by atoms with Crippen molar-refractivity contribution < 1.29 is 4.52 Å². The molecule has 2 rings (SSSR count). The zero-order valence-electron chi connectivity index (χ0n) is 8.28. The van der Waals surface area contributed by atoms with Crippen molar-refractivity contribution in [3.63, 3.8) is 0 Å². The smallest absolute Gasteiger partial charge is 0.193 e. The largest absolute Gasteiger partial charge is 0.394 e. The van der Waals surface area contributed by atoms with Crippen molar-refractivity contribution in [1.29, 1.82) is 0 Å². The van der Waals surface area contributed by atoms with Gasteiger partial charge in [-0.05, 0) is 19.4 Å². The summed E-state index contributed by atoms with van der Waals surface area (Å²) in [6.07, 6.45) is 1.43. The Hall–Kier alpha value is -1.62. The molecule has 6 heteroatoms. The van der Waals surface area contributed by atoms with E-state index in [2.05, 4.69) is 15.4 Å². The van der Waals surface area contributed by atoms with E-state index in [1.54, 1.807) is 0 Å². The highest BCUT2D eigenvalue weighted by Crippen LogP contribution is 2.33. The quantitative estimate of drug-likeness (QED) is 0.802. The van der Waals surface area contributed by atoms with Crippen molar-refractivity contribution in [2.24, 2.45) is 0 Å². The first-order valence-corrected chi connectivity index (χ1v) is 4.69. The molecule has 0 spiro atoms. The molecule has 0 aliphatic heterocycles. The molecule has 2 N–H and O–H groups in total. The van der Waals surface area contributed by atoms with Gasteiger partial charge >= 0.3 is 0 Å². The fourth-order valence-electron chi connectivity index (χ4n) is 1.28. The van der Waals surface area contributed by atoms with Crippen molar-refractivity contribution in [3.8, 4) is 11.3 Å². The molecule has 0 radical (unpaired) electrons. The van der Waals surface area contributed by atoms with E-state index in [1.807, 2.05) is 13.8 Å². The van der Waals surface area contributed by atoms with Crippen LogP contribution in [0.5, 0.6) is 0 Å². The molecule has 2 aromatic heterocycles. The van der Waals surface area contributed by atoms with Crippen LogP contribution in [0.1, 0.15) is 11.3 Å². The van der Waals surface area contributed by atoms with Gasteiger partial charge in [0.15, 0.2) is 10.9 Å². The molecule has 0 aliphatic carbocycles. The first-order chi connectivity index (χ1) is 7.11. The van der Waals surface area contributed by atoms with Crippen LogP contribution in [-0.4, -0.2) is 15.4 Å². The highest BCUT2D eigenvalue weighted by Gasteiger charge is 2.17. The molecule has 0 bridgehead atoms. The van der Waals surface area contributed by atoms with E-state index in [4.69, 9.17) is 21.9 Å². The summed E-state index contributed by atoms with van der Waals surface area (Å²) in [5.41, 5.74) is 8.46. The average Bonchev–Trinajstić information content (AvgIpc) is 2.60. The number of halogens is 1. The SMILES string of the molecule is Cc1nnc(Cl)c(-c2oncc2N)c1C. The van der Waals surface area contributed by atoms with Gasteiger partial charge in [0.2, 0.25) is 0 Å². The van der Waals surface area contributed by atoms with Crippen molar-refractivity contribution in [2.45, 2.75) is 13.8 Å². The summed E-state index contributed by atoms with van der Waals surface area (Å²) >= 11 is 5.95. The molecule has 15 heavy (non-hydrogen) atoms. The summed E-state index contributed by atoms with van der Waals surface area (Å²) in [5.74, 6) is 0.440. The molecule has 0 fully saturated rings. The van der Waals surface area contributed by atoms with Gasteiger partial charge in [0.05, 0.1) is 17.5 Å². The van der Waals surface area contributed by atoms with Gasteiger partial charge < -0.3 is 10.3 Å². The fourth-order valence-corrected chi connectivity index (χ4v) is 1.55. The van der Waals surface area contributed by atoms with Gasteiger partial charge in [0.25, 0.3) is 0 Å². The van der Waals surface area contributed by atoms with Crippen molar-refractivity contribution >= 4 is 17.3 Å². The summed E-state index contributed by atoms with van der Waals surface area (Å²) in [7, 11) is 0. The minimum atomic E-state index is 0.265. The Morgan fingerprint density at radius 3 is 2.67 bits per heavy atom. The Morgan fingerprint density at radius 2 is 2.07 bits per heavy atom. The van der Waals surface area contributed by atoms with Crippen LogP contribution in [0.15, 0.2) is 10.7 Å². The number of hydrogen-bond donors (Lipinski definition) is 1. The first-order valence-electron chi connectivity index (χ1n) is 4.31. The van der Waals surface area contributed by atoms with Gasteiger partial charge in [-0.15, -0.1) is 5.10 Å². The molecule has 0 aromatic carbocycles. The third-order valence-electron chi connectivity index (χ3n) is 2.24. The van der Waals surface area contributed by atoms with Crippen molar-refractivity contribution in [1.82, 2.24) is 15.4 Å². The van der Waals surface area contributed by atoms with E-state index < -0.39 is 0 Å². The number of aromatic nitrogens is 3. The minimum absolute atomic E-state index is 0.265. The van der Waals surface area contributed by atoms with Crippen molar-refractivity contribution in [2.75, 3.05) is 5.73 Å². The third-order valence-corrected chi connectivity index (χ3v) is 2.50. The summed E-state index contributed by atoms with van der Waals surface area (Å²) in [4.78, 5) is 0. The zero-order valence-corrected chi connectivity index (χ0v) is 9.04. The number of nitrogens with two attached hydrogens (primary N) is 1. The fraction of sp³-hybridized carbons (Fsp3) is 0.222. The summed E-state index contributed by atoms with van der Waals surface area (Å²) < 4.78 is 5.04. The Labute approximate surface area is 91.2 Å². The molecule has 78 valence electrons. The van der Waals surface area contributed by atoms with Crippen LogP contribution in [0.2, 0.25) is 5.15 Å². The maximum Gasteiger partial charge on any atom is 0.193 e. The number of nitrogens with zero attached hydrogens (tertiary/aromatic N) is 3. The second-order valence-corrected chi connectivity index (χ2v) is 3.54. The van der Waals surface area contributed by atoms with E-state index >= 15 is 0 Å². The van der Waals surface area contributed by atoms with Crippen LogP contribution >= 0.6 is 11.6 Å². The number of hydrogen-bond acceptors (Lipinski definition) is 5. The van der Waals surface area contributed by atoms with Crippen molar-refractivity contribution in [3.05, 3.63) is 22.6 Å². The molecule has 0 aliphatic rings. The van der Waals surface area contributed by atoms with Gasteiger partial charge in [0.1, 0.15) is 5.69 Å². The minimum Gasteiger partial charge on any atom is -0.394 e. The maximum atomic E-state index is 5.95. The number of anilines is 1. The molecule has 0 unspecified atom stereocenters. The van der Waals surface area contributed by atoms with Crippen LogP contribution in [0.4, 0.5) is 5.69 Å². The van der Waals surface area contributed by atoms with E-state index in [9.17, 15) is 0 Å². The van der Waals surface area contributed by atoms with Gasteiger partial charge in [-0.2, -0.15) is 5.10 Å². The van der Waals surface area contributed by atoms with E-state index in [-0.39, 0.29) is 5.15 Å². The number of aryl methyl sites for hydroxylation is 1. The Kier molecular flexibility index (Phi) is 2.32. The highest BCUT2D eigenvalue weighted by molar-refractivity contribution is 6.32. The van der Waals surface area contributed by atoms with Crippen LogP contribution in [-0.2, 0) is 0 Å². The lowest BCUT2D eigenvalue weighted by molar-refractivity contribution is 0.432. The maximum absolute atomic E-state index is 5.95. The van der Waals surface area contributed by atoms with Gasteiger partial charge in [0, 0.05) is 0 Å². The second-order valence-electron chi connectivity index (χ2n) is 3.19. The molecule has 0 atom stereocenters. The lowest BCUT2D eigenvalue weighted by Gasteiger charge is -2.05. The molecule has 5 nitrogen and oxygen atoms in total. The summed E-state index contributed by atoms with van der Waals surface area (Å²) in [6, 6.07) is 0. The molecule has 0 saturated heterocycles. The van der Waals surface area contributed by atoms with Gasteiger partial charge in [-0.3, -0.25) is 0 Å². The van der Waals surface area contributed by atoms with Crippen LogP contribution in [0, 0.1) is 13.8 Å². The normalized spacial score (nSPS) is 10.6. The standard InChI is InChI=1S/C9H9ClN4O/c1-4-5(2)13-14-9(10)7(4)8-6(11)3-12-15-8/h3H,11H2,1-2H3. The number of rotatable bonds is 1. The average molecular weight is 225 g/mol. The monoisotopic (exact) mass is 224 g/mol. The lowest BCUT2D eigenvalue weighted by Crippen LogP contribution is -1.97. The Bertz CT molecular complexity index is 509. The lowest BCUT2D eigenvalue weighted by atomic mass is 10.1. The predicted molar refractivity (Wildman–Crippen MR) is 56.4 cm³/mol. The van der Waals surface area contributed by atoms with E-state index in [1.165, 1.54) is 6.20 Å². The molecule has 0 amide bonds. The second kappa shape index (κ2) is 3.51. The Morgan fingerprint density at radius 1 is 1.33 bits per heavy atom. The Balaban J connectivity index is 2.72. The molecule has 0 saturated carbocycles. The van der Waals surface area contributed by atoms with Crippen LogP contribution in [0.25, 0.3) is 11.3 Å². The van der Waals surface area contributed by atoms with Crippen LogP contribution in [0.3, 0.4) is 0 Å². The van der Waals surface area contributed by atoms with Gasteiger partial charge in [-0.25, -0.2) is 0 Å². The van der Waals surface area contributed by atoms with Gasteiger partial charge in [-0.1, -0.05) is 16.8 Å². The van der Waals surface area contributed by atoms with E-state index in [0.29, 0.717) is 17.0 Å². The van der Waals surface area contributed by atoms with E-state index in [0.717, 1.165) is 11.3 Å². The molecule has 2 aromatic rings. The predicted octanol–water partition coefficient (Wildman–Crippen LogP) is 1.98. The topological polar surface area (TPSA) is 77.8 Å². The molecular weight excluding hydrogens is 216 g/mol. The zero-order chi connectivity index (χ0) is 11.0. The molecule has 2 heterocycles. The molecular formula is C9H9ClN4O. The summed E-state index contributed by atoms with van der Waals surface area (Å²) in [6.45, 7) is 3.72.